The summed E-state index contributed by atoms with van der Waals surface area (Å²) in [5, 5.41) is 16.8. The molecule has 0 amide bonds. The van der Waals surface area contributed by atoms with Gasteiger partial charge in [0.15, 0.2) is 0 Å². The lowest BCUT2D eigenvalue weighted by Crippen LogP contribution is -2.24. The summed E-state index contributed by atoms with van der Waals surface area (Å²) in [6.07, 6.45) is 1.04. The van der Waals surface area contributed by atoms with Crippen LogP contribution >= 0.6 is 7.14 Å². The normalized spacial score (nSPS) is 20.2. The molecule has 0 bridgehead atoms. The molecule has 1 atom stereocenters. The van der Waals surface area contributed by atoms with Crippen molar-refractivity contribution in [2.75, 3.05) is 30.7 Å². The first-order valence-electron chi connectivity index (χ1n) is 10.8. The van der Waals surface area contributed by atoms with Gasteiger partial charge in [0.1, 0.15) is 12.7 Å². The summed E-state index contributed by atoms with van der Waals surface area (Å²) in [6, 6.07) is 5.29. The zero-order chi connectivity index (χ0) is 23.2. The molecule has 2 aliphatic heterocycles. The topological polar surface area (TPSA) is 106 Å². The summed E-state index contributed by atoms with van der Waals surface area (Å²) in [5.74, 6) is 0.124. The molecule has 2 aromatic heterocycles. The number of fused-ring (bicyclic) bond motifs is 1. The zero-order valence-corrected chi connectivity index (χ0v) is 18.6. The largest absolute Gasteiger partial charge is 0.419 e. The minimum absolute atomic E-state index is 0.0369. The van der Waals surface area contributed by atoms with Crippen molar-refractivity contribution in [1.29, 1.82) is 5.26 Å². The zero-order valence-electron chi connectivity index (χ0n) is 17.7. The highest BCUT2D eigenvalue weighted by Crippen LogP contribution is 2.53. The van der Waals surface area contributed by atoms with Crippen LogP contribution in [0.3, 0.4) is 0 Å². The third kappa shape index (κ3) is 3.90. The van der Waals surface area contributed by atoms with Crippen LogP contribution in [0, 0.1) is 11.3 Å². The molecule has 11 heteroatoms. The Bertz CT molecular complexity index is 1300. The van der Waals surface area contributed by atoms with E-state index in [2.05, 4.69) is 31.7 Å². The summed E-state index contributed by atoms with van der Waals surface area (Å²) in [4.78, 5) is 11.2. The first kappa shape index (κ1) is 21.9. The van der Waals surface area contributed by atoms with Gasteiger partial charge >= 0.3 is 6.18 Å². The van der Waals surface area contributed by atoms with Crippen LogP contribution < -0.4 is 15.9 Å². The van der Waals surface area contributed by atoms with Crippen molar-refractivity contribution in [3.8, 4) is 17.3 Å². The van der Waals surface area contributed by atoms with E-state index in [1.165, 1.54) is 6.20 Å². The number of nitriles is 1. The maximum absolute atomic E-state index is 13.9. The molecule has 0 spiro atoms. The minimum atomic E-state index is -4.65. The molecule has 2 saturated heterocycles. The van der Waals surface area contributed by atoms with Gasteiger partial charge in [-0.1, -0.05) is 6.07 Å². The number of nitrogens with one attached hydrogen (secondary N) is 3. The number of anilines is 1. The molecule has 3 aromatic rings. The van der Waals surface area contributed by atoms with Crippen LogP contribution in [0.25, 0.3) is 22.2 Å². The van der Waals surface area contributed by atoms with Crippen LogP contribution in [0.1, 0.15) is 30.4 Å². The molecule has 0 unspecified atom stereocenters. The lowest BCUT2D eigenvalue weighted by atomic mass is 10.0. The summed E-state index contributed by atoms with van der Waals surface area (Å²) >= 11 is 0. The molecule has 0 saturated carbocycles. The quantitative estimate of drug-likeness (QED) is 0.493. The number of halogens is 3. The lowest BCUT2D eigenvalue weighted by Gasteiger charge is -2.16. The first-order valence-corrected chi connectivity index (χ1v) is 12.9. The Labute approximate surface area is 188 Å². The van der Waals surface area contributed by atoms with Crippen molar-refractivity contribution in [2.24, 2.45) is 0 Å². The predicted molar refractivity (Wildman–Crippen MR) is 120 cm³/mol. The second-order valence-electron chi connectivity index (χ2n) is 8.53. The Morgan fingerprint density at radius 1 is 1.24 bits per heavy atom. The van der Waals surface area contributed by atoms with Gasteiger partial charge in [-0.2, -0.15) is 18.4 Å². The Hall–Kier alpha value is -2.89. The van der Waals surface area contributed by atoms with Crippen LogP contribution in [-0.4, -0.2) is 46.4 Å². The second kappa shape index (κ2) is 8.15. The number of hydrogen-bond donors (Lipinski definition) is 3. The van der Waals surface area contributed by atoms with Crippen molar-refractivity contribution >= 4 is 29.3 Å². The Balaban J connectivity index is 1.69. The molecular formula is C22H22F3N6OP. The fourth-order valence-corrected chi connectivity index (χ4v) is 8.08. The molecule has 172 valence electrons. The van der Waals surface area contributed by atoms with Gasteiger partial charge in [0.2, 0.25) is 5.95 Å². The van der Waals surface area contributed by atoms with E-state index in [4.69, 9.17) is 0 Å². The first-order chi connectivity index (χ1) is 15.8. The fourth-order valence-electron chi connectivity index (χ4n) is 4.79. The minimum Gasteiger partial charge on any atom is -0.360 e. The number of hydrogen-bond acceptors (Lipinski definition) is 6. The van der Waals surface area contributed by atoms with E-state index < -0.39 is 18.9 Å². The summed E-state index contributed by atoms with van der Waals surface area (Å²) in [7, 11) is -2.80. The van der Waals surface area contributed by atoms with Gasteiger partial charge < -0.3 is 20.2 Å². The average molecular weight is 474 g/mol. The molecule has 2 aliphatic rings. The third-order valence-corrected chi connectivity index (χ3v) is 9.75. The number of nitrogens with zero attached hydrogens (tertiary/aromatic N) is 3. The van der Waals surface area contributed by atoms with Gasteiger partial charge in [-0.15, -0.1) is 0 Å². The van der Waals surface area contributed by atoms with Crippen LogP contribution in [-0.2, 0) is 10.7 Å². The number of aromatic amines is 1. The summed E-state index contributed by atoms with van der Waals surface area (Å²) < 4.78 is 55.3. The molecule has 2 fully saturated rings. The number of alkyl halides is 3. The van der Waals surface area contributed by atoms with Crippen LogP contribution in [0.4, 0.5) is 19.1 Å². The molecule has 0 aliphatic carbocycles. The van der Waals surface area contributed by atoms with Crippen molar-refractivity contribution in [1.82, 2.24) is 20.3 Å². The lowest BCUT2D eigenvalue weighted by molar-refractivity contribution is -0.137. The second-order valence-corrected chi connectivity index (χ2v) is 11.7. The van der Waals surface area contributed by atoms with Crippen LogP contribution in [0.2, 0.25) is 0 Å². The average Bonchev–Trinajstić information content (AvgIpc) is 3.53. The molecule has 3 N–H and O–H groups in total. The van der Waals surface area contributed by atoms with E-state index in [1.54, 1.807) is 12.1 Å². The summed E-state index contributed by atoms with van der Waals surface area (Å²) in [6.45, 7) is 1.50. The van der Waals surface area contributed by atoms with Gasteiger partial charge in [0.25, 0.3) is 0 Å². The van der Waals surface area contributed by atoms with Gasteiger partial charge in [-0.25, -0.2) is 9.97 Å². The van der Waals surface area contributed by atoms with E-state index in [0.717, 1.165) is 32.0 Å². The van der Waals surface area contributed by atoms with Crippen molar-refractivity contribution in [3.05, 3.63) is 35.7 Å². The van der Waals surface area contributed by atoms with Crippen LogP contribution in [0.15, 0.2) is 24.5 Å². The molecule has 1 aromatic carbocycles. The number of aromatic nitrogens is 3. The number of benzene rings is 1. The van der Waals surface area contributed by atoms with E-state index in [0.29, 0.717) is 40.6 Å². The van der Waals surface area contributed by atoms with E-state index in [9.17, 15) is 23.0 Å². The third-order valence-electron chi connectivity index (χ3n) is 6.39. The van der Waals surface area contributed by atoms with Gasteiger partial charge in [0.05, 0.1) is 28.1 Å². The monoisotopic (exact) mass is 474 g/mol. The van der Waals surface area contributed by atoms with E-state index in [-0.39, 0.29) is 23.2 Å². The fraction of sp³-hybridized carbons (Fsp3) is 0.409. The highest BCUT2D eigenvalue weighted by Gasteiger charge is 2.38. The maximum Gasteiger partial charge on any atom is 0.419 e. The number of rotatable bonds is 4. The van der Waals surface area contributed by atoms with Crippen molar-refractivity contribution in [2.45, 2.75) is 31.5 Å². The highest BCUT2D eigenvalue weighted by molar-refractivity contribution is 7.72. The standard InChI is InChI=1S/C22H22F3N6OP/c23-22(24,25)17-12-29-21(30-14-5-6-27-10-14)31-18(17)16-11-28-19-15(16)4-3-13(9-26)20(19)33(32)7-1-2-8-33/h3-4,11-12,14,27-28H,1-2,5-8,10H2,(H,29,30,31)/t14-/m0/s1. The van der Waals surface area contributed by atoms with Crippen molar-refractivity contribution in [3.63, 3.8) is 0 Å². The molecular weight excluding hydrogens is 452 g/mol. The Morgan fingerprint density at radius 3 is 2.70 bits per heavy atom. The van der Waals surface area contributed by atoms with E-state index >= 15 is 0 Å². The maximum atomic E-state index is 13.9. The van der Waals surface area contributed by atoms with Gasteiger partial charge in [0, 0.05) is 48.3 Å². The Kier molecular flexibility index (Phi) is 5.42. The molecule has 0 radical (unpaired) electrons. The predicted octanol–water partition coefficient (Wildman–Crippen LogP) is 4.07. The molecule has 33 heavy (non-hydrogen) atoms. The van der Waals surface area contributed by atoms with Gasteiger partial charge in [-0.05, 0) is 31.9 Å². The van der Waals surface area contributed by atoms with Crippen molar-refractivity contribution < 1.29 is 17.7 Å². The molecule has 5 rings (SSSR count). The summed E-state index contributed by atoms with van der Waals surface area (Å²) in [5.41, 5.74) is -0.204. The molecule has 4 heterocycles. The SMILES string of the molecule is N#Cc1ccc2c(-c3nc(N[C@H]4CCNC4)ncc3C(F)(F)F)c[nH]c2c1P1(=O)CCCC1. The Morgan fingerprint density at radius 2 is 2.03 bits per heavy atom. The number of H-pyrrole nitrogens is 1. The van der Waals surface area contributed by atoms with E-state index in [1.807, 2.05) is 0 Å². The van der Waals surface area contributed by atoms with Gasteiger partial charge in [-0.3, -0.25) is 0 Å². The molecule has 7 nitrogen and oxygen atoms in total. The highest BCUT2D eigenvalue weighted by atomic mass is 31.2. The van der Waals surface area contributed by atoms with Crippen LogP contribution in [0.5, 0.6) is 0 Å². The smallest absolute Gasteiger partial charge is 0.360 e.